The summed E-state index contributed by atoms with van der Waals surface area (Å²) in [6.45, 7) is 7.08. The van der Waals surface area contributed by atoms with Gasteiger partial charge >= 0.3 is 0 Å². The minimum atomic E-state index is 0.997. The number of fused-ring (bicyclic) bond motifs is 1. The fraction of sp³-hybridized carbons (Fsp3) is 0.667. The standard InChI is InChI=1S/C18H28N2/c1-15-5-4-8-18(13-15)19-10-12-20-11-9-16-6-2-3-7-17(16)14-20/h4-5,8,13,16-17,19H,2-3,6-7,9-12,14H2,1H3. The summed E-state index contributed by atoms with van der Waals surface area (Å²) >= 11 is 0. The van der Waals surface area contributed by atoms with E-state index in [0.717, 1.165) is 18.4 Å². The third-order valence-electron chi connectivity index (χ3n) is 5.15. The maximum absolute atomic E-state index is 3.56. The molecule has 3 rings (SSSR count). The van der Waals surface area contributed by atoms with Crippen LogP contribution in [0.1, 0.15) is 37.7 Å². The fourth-order valence-corrected chi connectivity index (χ4v) is 3.99. The molecule has 0 amide bonds. The van der Waals surface area contributed by atoms with E-state index in [9.17, 15) is 0 Å². The van der Waals surface area contributed by atoms with E-state index >= 15 is 0 Å². The Hall–Kier alpha value is -1.02. The first-order valence-corrected chi connectivity index (χ1v) is 8.34. The second-order valence-electron chi connectivity index (χ2n) is 6.69. The van der Waals surface area contributed by atoms with E-state index in [0.29, 0.717) is 0 Å². The van der Waals surface area contributed by atoms with Crippen LogP contribution >= 0.6 is 0 Å². The molecular formula is C18H28N2. The number of benzene rings is 1. The molecule has 2 nitrogen and oxygen atoms in total. The van der Waals surface area contributed by atoms with E-state index < -0.39 is 0 Å². The zero-order valence-corrected chi connectivity index (χ0v) is 12.8. The van der Waals surface area contributed by atoms with Crippen molar-refractivity contribution in [2.45, 2.75) is 39.0 Å². The lowest BCUT2D eigenvalue weighted by atomic mass is 9.75. The summed E-state index contributed by atoms with van der Waals surface area (Å²) in [5.41, 5.74) is 2.59. The van der Waals surface area contributed by atoms with Gasteiger partial charge in [-0.2, -0.15) is 0 Å². The molecule has 0 spiro atoms. The van der Waals surface area contributed by atoms with Crippen LogP contribution < -0.4 is 5.32 Å². The molecule has 1 N–H and O–H groups in total. The third-order valence-corrected chi connectivity index (χ3v) is 5.15. The SMILES string of the molecule is Cc1cccc(NCCN2CCC3CCCCC3C2)c1. The summed E-state index contributed by atoms with van der Waals surface area (Å²) in [4.78, 5) is 2.68. The van der Waals surface area contributed by atoms with Crippen molar-refractivity contribution in [3.63, 3.8) is 0 Å². The van der Waals surface area contributed by atoms with Gasteiger partial charge in [0.2, 0.25) is 0 Å². The van der Waals surface area contributed by atoms with Crippen LogP contribution in [0.3, 0.4) is 0 Å². The predicted molar refractivity (Wildman–Crippen MR) is 86.2 cm³/mol. The molecule has 1 aliphatic carbocycles. The second-order valence-corrected chi connectivity index (χ2v) is 6.69. The molecule has 1 aromatic rings. The first-order chi connectivity index (χ1) is 9.81. The molecule has 2 unspecified atom stereocenters. The second kappa shape index (κ2) is 6.62. The minimum absolute atomic E-state index is 0.997. The number of aryl methyl sites for hydroxylation is 1. The van der Waals surface area contributed by atoms with Gasteiger partial charge in [0.05, 0.1) is 0 Å². The average molecular weight is 272 g/mol. The first-order valence-electron chi connectivity index (χ1n) is 8.34. The van der Waals surface area contributed by atoms with Gasteiger partial charge in [0.1, 0.15) is 0 Å². The van der Waals surface area contributed by atoms with E-state index in [4.69, 9.17) is 0 Å². The molecule has 1 aromatic carbocycles. The summed E-state index contributed by atoms with van der Waals surface area (Å²) in [7, 11) is 0. The highest BCUT2D eigenvalue weighted by Crippen LogP contribution is 2.35. The zero-order chi connectivity index (χ0) is 13.8. The van der Waals surface area contributed by atoms with Gasteiger partial charge in [-0.3, -0.25) is 0 Å². The van der Waals surface area contributed by atoms with Crippen molar-refractivity contribution in [3.05, 3.63) is 29.8 Å². The highest BCUT2D eigenvalue weighted by molar-refractivity contribution is 5.45. The Bertz CT molecular complexity index is 429. The number of hydrogen-bond acceptors (Lipinski definition) is 2. The van der Waals surface area contributed by atoms with Crippen molar-refractivity contribution in [1.29, 1.82) is 0 Å². The quantitative estimate of drug-likeness (QED) is 0.893. The Morgan fingerprint density at radius 3 is 2.85 bits per heavy atom. The summed E-state index contributed by atoms with van der Waals surface area (Å²) in [5, 5.41) is 3.56. The van der Waals surface area contributed by atoms with Gasteiger partial charge in [-0.15, -0.1) is 0 Å². The van der Waals surface area contributed by atoms with Crippen molar-refractivity contribution in [1.82, 2.24) is 4.90 Å². The van der Waals surface area contributed by atoms with Gasteiger partial charge in [0, 0.05) is 25.3 Å². The number of nitrogens with one attached hydrogen (secondary N) is 1. The highest BCUT2D eigenvalue weighted by Gasteiger charge is 2.30. The number of anilines is 1. The Labute approximate surface area is 123 Å². The van der Waals surface area contributed by atoms with Gasteiger partial charge < -0.3 is 10.2 Å². The summed E-state index contributed by atoms with van der Waals surface area (Å²) in [6, 6.07) is 8.68. The summed E-state index contributed by atoms with van der Waals surface area (Å²) in [5.74, 6) is 2.04. The molecule has 0 aromatic heterocycles. The van der Waals surface area contributed by atoms with Crippen molar-refractivity contribution < 1.29 is 0 Å². The normalized spacial score (nSPS) is 27.1. The number of rotatable bonds is 4. The third kappa shape index (κ3) is 3.54. The molecule has 2 atom stereocenters. The molecule has 1 saturated heterocycles. The molecule has 1 aliphatic heterocycles. The topological polar surface area (TPSA) is 15.3 Å². The van der Waals surface area contributed by atoms with E-state index in [1.54, 1.807) is 0 Å². The minimum Gasteiger partial charge on any atom is -0.384 e. The Morgan fingerprint density at radius 1 is 1.15 bits per heavy atom. The van der Waals surface area contributed by atoms with Crippen LogP contribution in [0.4, 0.5) is 5.69 Å². The maximum atomic E-state index is 3.56. The molecule has 2 fully saturated rings. The maximum Gasteiger partial charge on any atom is 0.0343 e. The van der Waals surface area contributed by atoms with Gasteiger partial charge in [0.15, 0.2) is 0 Å². The molecule has 0 bridgehead atoms. The molecule has 2 aliphatic rings. The molecule has 1 saturated carbocycles. The van der Waals surface area contributed by atoms with Gasteiger partial charge in [-0.1, -0.05) is 31.4 Å². The average Bonchev–Trinajstić information content (AvgIpc) is 2.47. The molecular weight excluding hydrogens is 244 g/mol. The number of hydrogen-bond donors (Lipinski definition) is 1. The zero-order valence-electron chi connectivity index (χ0n) is 12.8. The van der Waals surface area contributed by atoms with E-state index in [1.807, 2.05) is 0 Å². The van der Waals surface area contributed by atoms with Gasteiger partial charge in [-0.25, -0.2) is 0 Å². The van der Waals surface area contributed by atoms with Gasteiger partial charge in [-0.05, 0) is 55.8 Å². The van der Waals surface area contributed by atoms with Crippen LogP contribution in [-0.4, -0.2) is 31.1 Å². The molecule has 2 heteroatoms. The van der Waals surface area contributed by atoms with Crippen LogP contribution in [0.25, 0.3) is 0 Å². The molecule has 1 heterocycles. The molecule has 0 radical (unpaired) electrons. The summed E-state index contributed by atoms with van der Waals surface area (Å²) < 4.78 is 0. The molecule has 110 valence electrons. The van der Waals surface area contributed by atoms with Crippen molar-refractivity contribution in [3.8, 4) is 0 Å². The van der Waals surface area contributed by atoms with Crippen LogP contribution in [0.15, 0.2) is 24.3 Å². The smallest absolute Gasteiger partial charge is 0.0343 e. The molecule has 20 heavy (non-hydrogen) atoms. The predicted octanol–water partition coefficient (Wildman–Crippen LogP) is 3.92. The summed E-state index contributed by atoms with van der Waals surface area (Å²) in [6.07, 6.45) is 7.37. The fourth-order valence-electron chi connectivity index (χ4n) is 3.99. The van der Waals surface area contributed by atoms with E-state index in [-0.39, 0.29) is 0 Å². The van der Waals surface area contributed by atoms with E-state index in [2.05, 4.69) is 41.4 Å². The van der Waals surface area contributed by atoms with E-state index in [1.165, 1.54) is 63.0 Å². The van der Waals surface area contributed by atoms with Crippen molar-refractivity contribution >= 4 is 5.69 Å². The van der Waals surface area contributed by atoms with Crippen LogP contribution in [0, 0.1) is 18.8 Å². The Morgan fingerprint density at radius 2 is 2.00 bits per heavy atom. The Balaban J connectivity index is 1.42. The monoisotopic (exact) mass is 272 g/mol. The number of nitrogens with zero attached hydrogens (tertiary/aromatic N) is 1. The van der Waals surface area contributed by atoms with Crippen LogP contribution in [0.5, 0.6) is 0 Å². The van der Waals surface area contributed by atoms with Crippen molar-refractivity contribution in [2.24, 2.45) is 11.8 Å². The van der Waals surface area contributed by atoms with Crippen LogP contribution in [0.2, 0.25) is 0 Å². The van der Waals surface area contributed by atoms with Gasteiger partial charge in [0.25, 0.3) is 0 Å². The highest BCUT2D eigenvalue weighted by atomic mass is 15.1. The lowest BCUT2D eigenvalue weighted by molar-refractivity contribution is 0.0898. The van der Waals surface area contributed by atoms with Crippen molar-refractivity contribution in [2.75, 3.05) is 31.5 Å². The lowest BCUT2D eigenvalue weighted by Crippen LogP contribution is -2.43. The van der Waals surface area contributed by atoms with Crippen LogP contribution in [-0.2, 0) is 0 Å². The first kappa shape index (κ1) is 13.9. The lowest BCUT2D eigenvalue weighted by Gasteiger charge is -2.41. The number of likely N-dealkylation sites (tertiary alicyclic amines) is 1. The Kier molecular flexibility index (Phi) is 4.62. The number of piperidine rings is 1. The largest absolute Gasteiger partial charge is 0.384 e.